The van der Waals surface area contributed by atoms with E-state index in [1.165, 1.54) is 12.1 Å². The van der Waals surface area contributed by atoms with E-state index in [0.29, 0.717) is 11.4 Å². The number of rotatable bonds is 6. The van der Waals surface area contributed by atoms with Gasteiger partial charge in [-0.25, -0.2) is 8.78 Å². The number of hydrogen-bond acceptors (Lipinski definition) is 3. The molecule has 7 heteroatoms. The van der Waals surface area contributed by atoms with Crippen molar-refractivity contribution in [3.8, 4) is 0 Å². The number of nitrogens with zero attached hydrogens (tertiary/aromatic N) is 2. The Bertz CT molecular complexity index is 930. The molecule has 2 aromatic rings. The predicted molar refractivity (Wildman–Crippen MR) is 102 cm³/mol. The molecule has 1 heterocycles. The van der Waals surface area contributed by atoms with E-state index in [9.17, 15) is 13.6 Å². The normalized spacial score (nSPS) is 18.5. The van der Waals surface area contributed by atoms with Gasteiger partial charge in [-0.05, 0) is 25.0 Å². The maximum atomic E-state index is 14.1. The highest BCUT2D eigenvalue weighted by Crippen LogP contribution is 2.32. The zero-order valence-corrected chi connectivity index (χ0v) is 15.8. The predicted octanol–water partition coefficient (Wildman–Crippen LogP) is 4.55. The highest BCUT2D eigenvalue weighted by atomic mass is 35.5. The van der Waals surface area contributed by atoms with Crippen LogP contribution in [0.5, 0.6) is 0 Å². The largest absolute Gasteiger partial charge is 0.390 e. The number of hydrogen-bond donors (Lipinski definition) is 0. The van der Waals surface area contributed by atoms with E-state index < -0.39 is 11.6 Å². The van der Waals surface area contributed by atoms with Crippen molar-refractivity contribution in [1.29, 1.82) is 0 Å². The molecule has 0 N–H and O–H groups in total. The summed E-state index contributed by atoms with van der Waals surface area (Å²) in [5.41, 5.74) is 1.80. The molecule has 146 valence electrons. The standard InChI is InChI=1S/C21H19ClF2N2O2/c22-18-4-2-1-3-17(18)20-10-16(28-25-20)12-26(21(27)13-5-6-13)11-14-7-8-15(23)9-19(14)24/h1-4,7-9,13,16H,5-6,10-12H2/t16-/m1/s1. The Morgan fingerprint density at radius 3 is 2.71 bits per heavy atom. The molecule has 0 aromatic heterocycles. The highest BCUT2D eigenvalue weighted by Gasteiger charge is 2.36. The smallest absolute Gasteiger partial charge is 0.226 e. The molecule has 0 saturated heterocycles. The molecule has 1 atom stereocenters. The van der Waals surface area contributed by atoms with Gasteiger partial charge in [-0.15, -0.1) is 0 Å². The molecular formula is C21H19ClF2N2O2. The van der Waals surface area contributed by atoms with Crippen LogP contribution in [0.25, 0.3) is 0 Å². The number of carbonyl (C=O) groups is 1. The van der Waals surface area contributed by atoms with Crippen molar-refractivity contribution < 1.29 is 18.4 Å². The van der Waals surface area contributed by atoms with Crippen molar-refractivity contribution in [2.45, 2.75) is 31.9 Å². The van der Waals surface area contributed by atoms with Crippen molar-refractivity contribution in [1.82, 2.24) is 4.90 Å². The van der Waals surface area contributed by atoms with Gasteiger partial charge >= 0.3 is 0 Å². The monoisotopic (exact) mass is 404 g/mol. The second-order valence-electron chi connectivity index (χ2n) is 7.18. The van der Waals surface area contributed by atoms with E-state index >= 15 is 0 Å². The molecule has 1 aliphatic carbocycles. The molecule has 2 aliphatic rings. The van der Waals surface area contributed by atoms with Gasteiger partial charge in [0, 0.05) is 41.1 Å². The van der Waals surface area contributed by atoms with E-state index in [0.717, 1.165) is 30.2 Å². The van der Waals surface area contributed by atoms with E-state index in [1.54, 1.807) is 11.0 Å². The van der Waals surface area contributed by atoms with Crippen LogP contribution in [0.3, 0.4) is 0 Å². The number of halogens is 3. The average Bonchev–Trinajstić information content (AvgIpc) is 3.42. The van der Waals surface area contributed by atoms with E-state index in [4.69, 9.17) is 16.4 Å². The van der Waals surface area contributed by atoms with Gasteiger partial charge in [0.1, 0.15) is 11.6 Å². The van der Waals surface area contributed by atoms with Gasteiger partial charge < -0.3 is 9.74 Å². The Morgan fingerprint density at radius 2 is 2.00 bits per heavy atom. The molecule has 28 heavy (non-hydrogen) atoms. The lowest BCUT2D eigenvalue weighted by atomic mass is 10.0. The summed E-state index contributed by atoms with van der Waals surface area (Å²) >= 11 is 6.22. The fourth-order valence-corrected chi connectivity index (χ4v) is 3.55. The minimum Gasteiger partial charge on any atom is -0.390 e. The second-order valence-corrected chi connectivity index (χ2v) is 7.59. The van der Waals surface area contributed by atoms with E-state index in [-0.39, 0.29) is 36.6 Å². The lowest BCUT2D eigenvalue weighted by molar-refractivity contribution is -0.135. The van der Waals surface area contributed by atoms with Crippen LogP contribution in [0.2, 0.25) is 5.02 Å². The summed E-state index contributed by atoms with van der Waals surface area (Å²) in [5, 5.41) is 4.72. The Kier molecular flexibility index (Phi) is 5.31. The zero-order chi connectivity index (χ0) is 19.7. The van der Waals surface area contributed by atoms with Crippen molar-refractivity contribution in [3.63, 3.8) is 0 Å². The van der Waals surface area contributed by atoms with E-state index in [2.05, 4.69) is 5.16 Å². The Labute approximate surface area is 166 Å². The fraction of sp³-hybridized carbons (Fsp3) is 0.333. The van der Waals surface area contributed by atoms with Crippen molar-refractivity contribution in [2.75, 3.05) is 6.54 Å². The SMILES string of the molecule is O=C(C1CC1)N(Cc1ccc(F)cc1F)C[C@H]1CC(c2ccccc2Cl)=NO1. The molecule has 4 rings (SSSR count). The average molecular weight is 405 g/mol. The molecule has 1 amide bonds. The van der Waals surface area contributed by atoms with E-state index in [1.807, 2.05) is 18.2 Å². The Hall–Kier alpha value is -2.47. The third-order valence-electron chi connectivity index (χ3n) is 4.96. The zero-order valence-electron chi connectivity index (χ0n) is 15.1. The first kappa shape index (κ1) is 18.9. The third-order valence-corrected chi connectivity index (χ3v) is 5.29. The maximum absolute atomic E-state index is 14.1. The van der Waals surface area contributed by atoms with Crippen LogP contribution in [-0.2, 0) is 16.2 Å². The molecule has 0 radical (unpaired) electrons. The lowest BCUT2D eigenvalue weighted by Crippen LogP contribution is -2.38. The van der Waals surface area contributed by atoms with Crippen LogP contribution in [0.4, 0.5) is 8.78 Å². The quantitative estimate of drug-likeness (QED) is 0.708. The molecule has 0 spiro atoms. The molecule has 0 unspecified atom stereocenters. The minimum absolute atomic E-state index is 0.0196. The van der Waals surface area contributed by atoms with Crippen LogP contribution in [0.15, 0.2) is 47.6 Å². The number of carbonyl (C=O) groups excluding carboxylic acids is 1. The topological polar surface area (TPSA) is 41.9 Å². The van der Waals surface area contributed by atoms with Gasteiger partial charge in [0.2, 0.25) is 5.91 Å². The van der Waals surface area contributed by atoms with Gasteiger partial charge in [0.05, 0.1) is 12.3 Å². The molecular weight excluding hydrogens is 386 g/mol. The molecule has 1 saturated carbocycles. The molecule has 0 bridgehead atoms. The van der Waals surface area contributed by atoms with Crippen LogP contribution in [0.1, 0.15) is 30.4 Å². The van der Waals surface area contributed by atoms with Crippen LogP contribution < -0.4 is 0 Å². The minimum atomic E-state index is -0.658. The van der Waals surface area contributed by atoms with Gasteiger partial charge in [0.25, 0.3) is 0 Å². The lowest BCUT2D eigenvalue weighted by Gasteiger charge is -2.25. The van der Waals surface area contributed by atoms with Gasteiger partial charge in [-0.3, -0.25) is 4.79 Å². The summed E-state index contributed by atoms with van der Waals surface area (Å²) < 4.78 is 27.3. The summed E-state index contributed by atoms with van der Waals surface area (Å²) in [7, 11) is 0. The van der Waals surface area contributed by atoms with Crippen LogP contribution in [-0.4, -0.2) is 29.2 Å². The number of oxime groups is 1. The summed E-state index contributed by atoms with van der Waals surface area (Å²) in [6.07, 6.45) is 1.85. The fourth-order valence-electron chi connectivity index (χ4n) is 3.30. The summed E-state index contributed by atoms with van der Waals surface area (Å²) in [4.78, 5) is 19.8. The third kappa shape index (κ3) is 4.17. The highest BCUT2D eigenvalue weighted by molar-refractivity contribution is 6.34. The summed E-state index contributed by atoms with van der Waals surface area (Å²) in [5.74, 6) is -1.35. The first-order valence-corrected chi connectivity index (χ1v) is 9.59. The maximum Gasteiger partial charge on any atom is 0.226 e. The summed E-state index contributed by atoms with van der Waals surface area (Å²) in [6.45, 7) is 0.354. The van der Waals surface area contributed by atoms with Crippen molar-refractivity contribution in [2.24, 2.45) is 11.1 Å². The first-order chi connectivity index (χ1) is 13.5. The molecule has 1 fully saturated rings. The van der Waals surface area contributed by atoms with Gasteiger partial charge in [0.15, 0.2) is 6.10 Å². The van der Waals surface area contributed by atoms with Crippen molar-refractivity contribution in [3.05, 3.63) is 70.2 Å². The summed E-state index contributed by atoms with van der Waals surface area (Å²) in [6, 6.07) is 10.8. The number of amides is 1. The molecule has 2 aromatic carbocycles. The van der Waals surface area contributed by atoms with Crippen LogP contribution in [0, 0.1) is 17.6 Å². The number of benzene rings is 2. The first-order valence-electron chi connectivity index (χ1n) is 9.21. The van der Waals surface area contributed by atoms with Crippen molar-refractivity contribution >= 4 is 23.2 Å². The molecule has 4 nitrogen and oxygen atoms in total. The Morgan fingerprint density at radius 1 is 1.21 bits per heavy atom. The molecule has 1 aliphatic heterocycles. The van der Waals surface area contributed by atoms with Gasteiger partial charge in [-0.2, -0.15) is 0 Å². The Balaban J connectivity index is 1.46. The van der Waals surface area contributed by atoms with Crippen LogP contribution >= 0.6 is 11.6 Å². The second kappa shape index (κ2) is 7.87. The van der Waals surface area contributed by atoms with Gasteiger partial charge in [-0.1, -0.05) is 41.0 Å².